The van der Waals surface area contributed by atoms with Crippen LogP contribution in [0, 0.1) is 18.3 Å². The number of benzene rings is 2. The van der Waals surface area contributed by atoms with Crippen LogP contribution in [0.2, 0.25) is 0 Å². The average Bonchev–Trinajstić information content (AvgIpc) is 2.67. The number of rotatable bonds is 3. The van der Waals surface area contributed by atoms with Crippen molar-refractivity contribution in [2.75, 3.05) is 19.0 Å². The molecule has 2 aromatic rings. The number of anilines is 1. The van der Waals surface area contributed by atoms with Crippen LogP contribution in [-0.2, 0) is 10.3 Å². The number of carbonyl (C=O) groups excluding carboxylic acids is 1. The van der Waals surface area contributed by atoms with Crippen molar-refractivity contribution in [3.63, 3.8) is 0 Å². The number of nitrogens with zero attached hydrogens (tertiary/aromatic N) is 2. The zero-order valence-corrected chi connectivity index (χ0v) is 16.3. The highest BCUT2D eigenvalue weighted by molar-refractivity contribution is 6.07. The smallest absolute Gasteiger partial charge is 0.378 e. The molecule has 29 heavy (non-hydrogen) atoms. The first kappa shape index (κ1) is 20.5. The van der Waals surface area contributed by atoms with Gasteiger partial charge in [0.15, 0.2) is 5.54 Å². The van der Waals surface area contributed by atoms with Crippen molar-refractivity contribution in [3.05, 3.63) is 70.8 Å². The fourth-order valence-electron chi connectivity index (χ4n) is 3.46. The maximum absolute atomic E-state index is 14.4. The number of hydrogen-bond acceptors (Lipinski definition) is 3. The molecule has 1 N–H and O–H groups in total. The molecule has 0 spiro atoms. The average molecular weight is 399 g/mol. The molecule has 1 aliphatic rings. The largest absolute Gasteiger partial charge is 0.416 e. The van der Waals surface area contributed by atoms with E-state index in [1.54, 1.807) is 61.5 Å². The number of aryl methyl sites for hydroxylation is 1. The fraction of sp³-hybridized carbons (Fsp3) is 0.273. The molecule has 1 atom stereocenters. The molecular weight excluding hydrogens is 379 g/mol. The molecule has 1 heterocycles. The summed E-state index contributed by atoms with van der Waals surface area (Å²) in [7, 11) is 3.57. The lowest BCUT2D eigenvalue weighted by atomic mass is 9.76. The second kappa shape index (κ2) is 7.28. The molecule has 1 unspecified atom stereocenters. The van der Waals surface area contributed by atoms with E-state index in [0.29, 0.717) is 5.56 Å². The lowest BCUT2D eigenvalue weighted by Gasteiger charge is -2.40. The summed E-state index contributed by atoms with van der Waals surface area (Å²) in [6.45, 7) is 1.85. The second-order valence-electron chi connectivity index (χ2n) is 7.31. The number of nitrogens with one attached hydrogen (secondary N) is 1. The lowest BCUT2D eigenvalue weighted by molar-refractivity contribution is -0.201. The molecule has 0 saturated carbocycles. The van der Waals surface area contributed by atoms with Crippen LogP contribution < -0.4 is 10.2 Å². The highest BCUT2D eigenvalue weighted by atomic mass is 19.4. The number of hydrogen-bond donors (Lipinski definition) is 1. The van der Waals surface area contributed by atoms with Gasteiger partial charge in [0.2, 0.25) is 0 Å². The van der Waals surface area contributed by atoms with Crippen molar-refractivity contribution < 1.29 is 18.0 Å². The Morgan fingerprint density at radius 2 is 1.66 bits per heavy atom. The van der Waals surface area contributed by atoms with Gasteiger partial charge in [-0.15, -0.1) is 0 Å². The molecule has 0 aromatic heterocycles. The van der Waals surface area contributed by atoms with Crippen molar-refractivity contribution >= 4 is 17.2 Å². The van der Waals surface area contributed by atoms with Gasteiger partial charge in [0.25, 0.3) is 5.91 Å². The van der Waals surface area contributed by atoms with Crippen LogP contribution in [0.4, 0.5) is 18.9 Å². The van der Waals surface area contributed by atoms with Crippen LogP contribution in [0.5, 0.6) is 0 Å². The summed E-state index contributed by atoms with van der Waals surface area (Å²) >= 11 is 0. The molecule has 0 saturated heterocycles. The maximum atomic E-state index is 14.4. The summed E-state index contributed by atoms with van der Waals surface area (Å²) in [5.41, 5.74) is -0.806. The van der Waals surface area contributed by atoms with Gasteiger partial charge in [-0.3, -0.25) is 4.79 Å². The molecular formula is C22H20F3N3O. The van der Waals surface area contributed by atoms with E-state index in [4.69, 9.17) is 0 Å². The van der Waals surface area contributed by atoms with Gasteiger partial charge in [0.1, 0.15) is 11.6 Å². The zero-order chi connectivity index (χ0) is 21.4. The van der Waals surface area contributed by atoms with Crippen molar-refractivity contribution in [3.8, 4) is 6.07 Å². The van der Waals surface area contributed by atoms with Crippen LogP contribution in [0.15, 0.2) is 54.1 Å². The third kappa shape index (κ3) is 3.58. The molecule has 1 amide bonds. The predicted octanol–water partition coefficient (Wildman–Crippen LogP) is 4.32. The number of halogens is 3. The monoisotopic (exact) mass is 399 g/mol. The number of amides is 1. The molecule has 0 fully saturated rings. The normalized spacial score (nSPS) is 19.6. The summed E-state index contributed by atoms with van der Waals surface area (Å²) in [5, 5.41) is 11.5. The minimum absolute atomic E-state index is 0.0782. The second-order valence-corrected chi connectivity index (χ2v) is 7.31. The van der Waals surface area contributed by atoms with Crippen molar-refractivity contribution in [2.45, 2.75) is 25.1 Å². The van der Waals surface area contributed by atoms with E-state index in [-0.39, 0.29) is 16.7 Å². The Kier molecular flexibility index (Phi) is 5.14. The topological polar surface area (TPSA) is 56.1 Å². The third-order valence-corrected chi connectivity index (χ3v) is 5.17. The van der Waals surface area contributed by atoms with Gasteiger partial charge in [-0.1, -0.05) is 42.0 Å². The lowest BCUT2D eigenvalue weighted by Crippen LogP contribution is -2.58. The van der Waals surface area contributed by atoms with Gasteiger partial charge in [0, 0.05) is 26.2 Å². The number of alkyl halides is 3. The molecule has 1 aliphatic heterocycles. The van der Waals surface area contributed by atoms with Crippen molar-refractivity contribution in [1.29, 1.82) is 5.26 Å². The van der Waals surface area contributed by atoms with Crippen LogP contribution in [0.1, 0.15) is 23.1 Å². The molecule has 0 aliphatic carbocycles. The first-order valence-electron chi connectivity index (χ1n) is 8.96. The Bertz CT molecular complexity index is 1000. The first-order valence-corrected chi connectivity index (χ1v) is 8.96. The van der Waals surface area contributed by atoms with E-state index < -0.39 is 24.0 Å². The molecule has 7 heteroatoms. The van der Waals surface area contributed by atoms with E-state index in [0.717, 1.165) is 11.3 Å². The van der Waals surface area contributed by atoms with Crippen molar-refractivity contribution in [2.24, 2.45) is 0 Å². The highest BCUT2D eigenvalue weighted by Crippen LogP contribution is 2.48. The van der Waals surface area contributed by atoms with Crippen molar-refractivity contribution in [1.82, 2.24) is 5.32 Å². The Morgan fingerprint density at radius 1 is 1.07 bits per heavy atom. The summed E-state index contributed by atoms with van der Waals surface area (Å²) in [4.78, 5) is 14.4. The van der Waals surface area contributed by atoms with E-state index >= 15 is 0 Å². The van der Waals surface area contributed by atoms with Gasteiger partial charge in [0.05, 0.1) is 0 Å². The van der Waals surface area contributed by atoms with E-state index in [2.05, 4.69) is 5.32 Å². The quantitative estimate of drug-likeness (QED) is 0.837. The molecule has 0 bridgehead atoms. The minimum atomic E-state index is -4.76. The van der Waals surface area contributed by atoms with Crippen LogP contribution >= 0.6 is 0 Å². The summed E-state index contributed by atoms with van der Waals surface area (Å²) in [5.74, 6) is -1.02. The maximum Gasteiger partial charge on any atom is 0.416 e. The Morgan fingerprint density at radius 3 is 2.14 bits per heavy atom. The minimum Gasteiger partial charge on any atom is -0.378 e. The van der Waals surface area contributed by atoms with Gasteiger partial charge < -0.3 is 10.2 Å². The number of carbonyl (C=O) groups is 1. The highest BCUT2D eigenvalue weighted by Gasteiger charge is 2.59. The Labute approximate surface area is 167 Å². The van der Waals surface area contributed by atoms with Crippen LogP contribution in [0.25, 0.3) is 5.57 Å². The molecule has 2 aromatic carbocycles. The standard InChI is InChI=1S/C22H20F3N3O/c1-14-4-6-15(7-5-14)18-12-21(22(23,24)25,27-20(29)19(18)13-26)16-8-10-17(11-9-16)28(2)3/h4-11H,12H2,1-3H3,(H,27,29). The molecule has 4 nitrogen and oxygen atoms in total. The fourth-order valence-corrected chi connectivity index (χ4v) is 3.46. The Balaban J connectivity index is 2.19. The third-order valence-electron chi connectivity index (χ3n) is 5.17. The molecule has 0 radical (unpaired) electrons. The van der Waals surface area contributed by atoms with E-state index in [1.165, 1.54) is 12.1 Å². The van der Waals surface area contributed by atoms with Gasteiger partial charge in [-0.05, 0) is 35.8 Å². The zero-order valence-electron chi connectivity index (χ0n) is 16.3. The van der Waals surface area contributed by atoms with Gasteiger partial charge in [-0.25, -0.2) is 0 Å². The summed E-state index contributed by atoms with van der Waals surface area (Å²) < 4.78 is 43.1. The first-order chi connectivity index (χ1) is 13.6. The van der Waals surface area contributed by atoms with E-state index in [9.17, 15) is 23.2 Å². The van der Waals surface area contributed by atoms with E-state index in [1.807, 2.05) is 6.92 Å². The van der Waals surface area contributed by atoms with Gasteiger partial charge >= 0.3 is 6.18 Å². The van der Waals surface area contributed by atoms with Crippen LogP contribution in [-0.4, -0.2) is 26.2 Å². The molecule has 150 valence electrons. The SMILES string of the molecule is Cc1ccc(C2=C(C#N)C(=O)NC(c3ccc(N(C)C)cc3)(C(F)(F)F)C2)cc1. The number of nitriles is 1. The molecule has 3 rings (SSSR count). The van der Waals surface area contributed by atoms with Crippen LogP contribution in [0.3, 0.4) is 0 Å². The predicted molar refractivity (Wildman–Crippen MR) is 105 cm³/mol. The summed E-state index contributed by atoms with van der Waals surface area (Å²) in [6, 6.07) is 14.4. The Hall–Kier alpha value is -3.27. The van der Waals surface area contributed by atoms with Gasteiger partial charge in [-0.2, -0.15) is 18.4 Å². The summed E-state index contributed by atoms with van der Waals surface area (Å²) in [6.07, 6.45) is -5.32.